The summed E-state index contributed by atoms with van der Waals surface area (Å²) >= 11 is 0. The van der Waals surface area contributed by atoms with Crippen molar-refractivity contribution in [3.8, 4) is 0 Å². The Morgan fingerprint density at radius 2 is 1.85 bits per heavy atom. The Kier molecular flexibility index (Phi) is 6.61. The topological polar surface area (TPSA) is 105 Å². The SMILES string of the molecule is C=CC(=O)Cc1cccc(Cc2nc(Nc3ccccc3S(=O)(=O)C(C)C)c3[nH]ccc3n2)c1. The van der Waals surface area contributed by atoms with Gasteiger partial charge in [0.1, 0.15) is 11.3 Å². The number of benzene rings is 2. The number of sulfone groups is 1. The first-order chi connectivity index (χ1) is 16.3. The van der Waals surface area contributed by atoms with Gasteiger partial charge in [-0.05, 0) is 49.2 Å². The van der Waals surface area contributed by atoms with Crippen LogP contribution in [0.2, 0.25) is 0 Å². The number of aromatic amines is 1. The summed E-state index contributed by atoms with van der Waals surface area (Å²) in [6.07, 6.45) is 3.85. The molecule has 0 aliphatic heterocycles. The van der Waals surface area contributed by atoms with Gasteiger partial charge in [0.15, 0.2) is 21.4 Å². The molecule has 0 unspecified atom stereocenters. The molecule has 8 heteroatoms. The molecule has 174 valence electrons. The van der Waals surface area contributed by atoms with Gasteiger partial charge < -0.3 is 10.3 Å². The fraction of sp³-hybridized carbons (Fsp3) is 0.192. The Morgan fingerprint density at radius 1 is 1.09 bits per heavy atom. The lowest BCUT2D eigenvalue weighted by Crippen LogP contribution is -2.15. The summed E-state index contributed by atoms with van der Waals surface area (Å²) in [6, 6.07) is 16.4. The number of allylic oxidation sites excluding steroid dienone is 1. The third-order valence-electron chi connectivity index (χ3n) is 5.48. The minimum absolute atomic E-state index is 0.0383. The predicted molar refractivity (Wildman–Crippen MR) is 134 cm³/mol. The molecule has 0 atom stereocenters. The minimum atomic E-state index is -3.49. The van der Waals surface area contributed by atoms with Crippen LogP contribution in [0.25, 0.3) is 11.0 Å². The van der Waals surface area contributed by atoms with Gasteiger partial charge in [-0.15, -0.1) is 0 Å². The molecule has 0 aliphatic rings. The average molecular weight is 475 g/mol. The summed E-state index contributed by atoms with van der Waals surface area (Å²) in [7, 11) is -3.49. The molecule has 2 aromatic heterocycles. The van der Waals surface area contributed by atoms with Gasteiger partial charge >= 0.3 is 0 Å². The van der Waals surface area contributed by atoms with Crippen molar-refractivity contribution < 1.29 is 13.2 Å². The van der Waals surface area contributed by atoms with Gasteiger partial charge in [0, 0.05) is 19.0 Å². The zero-order chi connectivity index (χ0) is 24.3. The van der Waals surface area contributed by atoms with Gasteiger partial charge in [-0.3, -0.25) is 4.79 Å². The molecule has 0 bridgehead atoms. The van der Waals surface area contributed by atoms with Crippen molar-refractivity contribution >= 4 is 38.2 Å². The van der Waals surface area contributed by atoms with Crippen molar-refractivity contribution in [2.24, 2.45) is 0 Å². The number of para-hydroxylation sites is 1. The van der Waals surface area contributed by atoms with Crippen molar-refractivity contribution in [1.29, 1.82) is 0 Å². The van der Waals surface area contributed by atoms with Crippen molar-refractivity contribution in [1.82, 2.24) is 15.0 Å². The van der Waals surface area contributed by atoms with E-state index in [0.717, 1.165) is 16.6 Å². The first-order valence-electron chi connectivity index (χ1n) is 10.9. The molecule has 34 heavy (non-hydrogen) atoms. The van der Waals surface area contributed by atoms with E-state index in [0.29, 0.717) is 35.7 Å². The highest BCUT2D eigenvalue weighted by molar-refractivity contribution is 7.92. The number of nitrogens with one attached hydrogen (secondary N) is 2. The van der Waals surface area contributed by atoms with Gasteiger partial charge in [-0.25, -0.2) is 18.4 Å². The number of carbonyl (C=O) groups excluding carboxylic acids is 1. The molecule has 0 saturated heterocycles. The lowest BCUT2D eigenvalue weighted by atomic mass is 10.0. The van der Waals surface area contributed by atoms with Gasteiger partial charge in [0.25, 0.3) is 0 Å². The highest BCUT2D eigenvalue weighted by atomic mass is 32.2. The molecule has 4 rings (SSSR count). The van der Waals surface area contributed by atoms with Gasteiger partial charge in [0.05, 0.1) is 21.3 Å². The Labute approximate surface area is 198 Å². The van der Waals surface area contributed by atoms with E-state index in [1.54, 1.807) is 44.3 Å². The van der Waals surface area contributed by atoms with Crippen LogP contribution in [0.5, 0.6) is 0 Å². The van der Waals surface area contributed by atoms with E-state index in [1.165, 1.54) is 6.08 Å². The second-order valence-corrected chi connectivity index (χ2v) is 10.8. The Hall–Kier alpha value is -3.78. The van der Waals surface area contributed by atoms with E-state index in [-0.39, 0.29) is 10.7 Å². The molecule has 0 radical (unpaired) electrons. The van der Waals surface area contributed by atoms with Gasteiger partial charge in [0.2, 0.25) is 0 Å². The van der Waals surface area contributed by atoms with E-state index >= 15 is 0 Å². The first-order valence-corrected chi connectivity index (χ1v) is 12.5. The Balaban J connectivity index is 1.70. The minimum Gasteiger partial charge on any atom is -0.357 e. The summed E-state index contributed by atoms with van der Waals surface area (Å²) < 4.78 is 25.8. The summed E-state index contributed by atoms with van der Waals surface area (Å²) in [5.41, 5.74) is 3.73. The van der Waals surface area contributed by atoms with Gasteiger partial charge in [-0.2, -0.15) is 0 Å². The number of hydrogen-bond acceptors (Lipinski definition) is 6. The molecule has 0 spiro atoms. The maximum absolute atomic E-state index is 12.9. The predicted octanol–water partition coefficient (Wildman–Crippen LogP) is 4.77. The standard InChI is InChI=1S/C26H26N4O3S/c1-4-20(31)15-18-8-7-9-19(14-18)16-24-28-22-12-13-27-25(22)26(30-24)29-21-10-5-6-11-23(21)34(32,33)17(2)3/h4-14,17,27H,1,15-16H2,2-3H3,(H,28,29,30). The third-order valence-corrected chi connectivity index (χ3v) is 7.69. The zero-order valence-corrected chi connectivity index (χ0v) is 19.9. The Bertz CT molecular complexity index is 1470. The highest BCUT2D eigenvalue weighted by Crippen LogP contribution is 2.29. The largest absolute Gasteiger partial charge is 0.357 e. The fourth-order valence-corrected chi connectivity index (χ4v) is 4.87. The van der Waals surface area contributed by atoms with Crippen LogP contribution in [-0.2, 0) is 27.5 Å². The third kappa shape index (κ3) is 4.92. The van der Waals surface area contributed by atoms with Crippen LogP contribution in [0.1, 0.15) is 30.8 Å². The van der Waals surface area contributed by atoms with Crippen LogP contribution < -0.4 is 5.32 Å². The van der Waals surface area contributed by atoms with Crippen molar-refractivity contribution in [3.05, 3.63) is 90.4 Å². The second kappa shape index (κ2) is 9.61. The van der Waals surface area contributed by atoms with Crippen LogP contribution in [0.4, 0.5) is 11.5 Å². The number of rotatable bonds is 9. The summed E-state index contributed by atoms with van der Waals surface area (Å²) in [4.78, 5) is 24.5. The van der Waals surface area contributed by atoms with Crippen LogP contribution >= 0.6 is 0 Å². The molecule has 2 heterocycles. The molecular weight excluding hydrogens is 448 g/mol. The molecule has 7 nitrogen and oxygen atoms in total. The number of anilines is 2. The number of fused-ring (bicyclic) bond motifs is 1. The molecule has 0 amide bonds. The Morgan fingerprint density at radius 3 is 2.62 bits per heavy atom. The molecular formula is C26H26N4O3S. The maximum Gasteiger partial charge on any atom is 0.182 e. The van der Waals surface area contributed by atoms with Crippen LogP contribution in [0.15, 0.2) is 78.3 Å². The van der Waals surface area contributed by atoms with E-state index in [2.05, 4.69) is 21.9 Å². The summed E-state index contributed by atoms with van der Waals surface area (Å²) in [5, 5.41) is 2.66. The summed E-state index contributed by atoms with van der Waals surface area (Å²) in [5.74, 6) is 1.03. The van der Waals surface area contributed by atoms with Crippen molar-refractivity contribution in [3.63, 3.8) is 0 Å². The van der Waals surface area contributed by atoms with Crippen molar-refractivity contribution in [2.45, 2.75) is 36.8 Å². The van der Waals surface area contributed by atoms with Crippen LogP contribution in [0, 0.1) is 0 Å². The first kappa shape index (κ1) is 23.4. The van der Waals surface area contributed by atoms with E-state index in [9.17, 15) is 13.2 Å². The van der Waals surface area contributed by atoms with Crippen LogP contribution in [-0.4, -0.2) is 34.4 Å². The molecule has 0 aliphatic carbocycles. The fourth-order valence-electron chi connectivity index (χ4n) is 3.67. The zero-order valence-electron chi connectivity index (χ0n) is 19.1. The van der Waals surface area contributed by atoms with Gasteiger partial charge in [-0.1, -0.05) is 43.0 Å². The smallest absolute Gasteiger partial charge is 0.182 e. The number of carbonyl (C=O) groups is 1. The van der Waals surface area contributed by atoms with E-state index in [4.69, 9.17) is 4.98 Å². The number of ketones is 1. The molecule has 4 aromatic rings. The number of hydrogen-bond donors (Lipinski definition) is 2. The normalized spacial score (nSPS) is 11.6. The number of H-pyrrole nitrogens is 1. The monoisotopic (exact) mass is 474 g/mol. The molecule has 0 fully saturated rings. The highest BCUT2D eigenvalue weighted by Gasteiger charge is 2.23. The van der Waals surface area contributed by atoms with Crippen molar-refractivity contribution in [2.75, 3.05) is 5.32 Å². The molecule has 0 saturated carbocycles. The number of aromatic nitrogens is 3. The van der Waals surface area contributed by atoms with Crippen LogP contribution in [0.3, 0.4) is 0 Å². The molecule has 2 N–H and O–H groups in total. The lowest BCUT2D eigenvalue weighted by Gasteiger charge is -2.15. The van der Waals surface area contributed by atoms with E-state index < -0.39 is 15.1 Å². The second-order valence-electron chi connectivity index (χ2n) is 8.29. The number of nitrogens with zero attached hydrogens (tertiary/aromatic N) is 2. The molecule has 2 aromatic carbocycles. The lowest BCUT2D eigenvalue weighted by molar-refractivity contribution is -0.114. The average Bonchev–Trinajstić information content (AvgIpc) is 3.28. The maximum atomic E-state index is 12.9. The summed E-state index contributed by atoms with van der Waals surface area (Å²) in [6.45, 7) is 6.85. The van der Waals surface area contributed by atoms with E-state index in [1.807, 2.05) is 30.3 Å². The quantitative estimate of drug-likeness (QED) is 0.339.